The number of alkyl halides is 3. The Morgan fingerprint density at radius 1 is 1.29 bits per heavy atom. The SMILES string of the molecule is Cc1cnc2c(C(=O)NC3(c4ccc(C(F)(F)F)nc4)CCOCC3O)c(C)nn2c1. The maximum atomic E-state index is 13.3. The highest BCUT2D eigenvalue weighted by atomic mass is 19.4. The molecule has 0 saturated carbocycles. The summed E-state index contributed by atoms with van der Waals surface area (Å²) in [5.74, 6) is -0.551. The van der Waals surface area contributed by atoms with E-state index in [0.717, 1.165) is 17.8 Å². The molecule has 0 radical (unpaired) electrons. The van der Waals surface area contributed by atoms with Crippen LogP contribution in [0.2, 0.25) is 0 Å². The number of rotatable bonds is 3. The number of aliphatic hydroxyl groups excluding tert-OH is 1. The highest BCUT2D eigenvalue weighted by Gasteiger charge is 2.45. The zero-order valence-electron chi connectivity index (χ0n) is 16.8. The molecular formula is C20H20F3N5O3. The summed E-state index contributed by atoms with van der Waals surface area (Å²) in [6, 6.07) is 2.05. The number of halogens is 3. The van der Waals surface area contributed by atoms with E-state index in [9.17, 15) is 23.1 Å². The van der Waals surface area contributed by atoms with E-state index in [-0.39, 0.29) is 30.8 Å². The number of nitrogens with zero attached hydrogens (tertiary/aromatic N) is 4. The molecule has 4 heterocycles. The number of fused-ring (bicyclic) bond motifs is 1. The van der Waals surface area contributed by atoms with Crippen LogP contribution in [0.4, 0.5) is 13.2 Å². The molecular weight excluding hydrogens is 415 g/mol. The average Bonchev–Trinajstić information content (AvgIpc) is 3.04. The number of hydrogen-bond acceptors (Lipinski definition) is 6. The number of ether oxygens (including phenoxy) is 1. The number of aryl methyl sites for hydroxylation is 2. The van der Waals surface area contributed by atoms with E-state index >= 15 is 0 Å². The number of aromatic nitrogens is 4. The van der Waals surface area contributed by atoms with Crippen molar-refractivity contribution >= 4 is 11.6 Å². The molecule has 0 aliphatic carbocycles. The van der Waals surface area contributed by atoms with Crippen molar-refractivity contribution < 1.29 is 27.8 Å². The van der Waals surface area contributed by atoms with Gasteiger partial charge in [-0.25, -0.2) is 9.50 Å². The van der Waals surface area contributed by atoms with Crippen LogP contribution in [0.3, 0.4) is 0 Å². The molecule has 1 saturated heterocycles. The van der Waals surface area contributed by atoms with Crippen LogP contribution in [0.25, 0.3) is 5.65 Å². The van der Waals surface area contributed by atoms with Gasteiger partial charge in [-0.05, 0) is 31.0 Å². The van der Waals surface area contributed by atoms with Gasteiger partial charge < -0.3 is 15.2 Å². The number of carbonyl (C=O) groups excluding carboxylic acids is 1. The topological polar surface area (TPSA) is 102 Å². The third-order valence-corrected chi connectivity index (χ3v) is 5.39. The van der Waals surface area contributed by atoms with Crippen molar-refractivity contribution in [2.24, 2.45) is 0 Å². The fraction of sp³-hybridized carbons (Fsp3) is 0.400. The third-order valence-electron chi connectivity index (χ3n) is 5.39. The first-order valence-corrected chi connectivity index (χ1v) is 9.55. The average molecular weight is 435 g/mol. The molecule has 3 aromatic rings. The summed E-state index contributed by atoms with van der Waals surface area (Å²) in [6.45, 7) is 3.61. The molecule has 1 amide bonds. The van der Waals surface area contributed by atoms with Gasteiger partial charge in [-0.1, -0.05) is 6.07 Å². The largest absolute Gasteiger partial charge is 0.433 e. The molecule has 0 spiro atoms. The molecule has 164 valence electrons. The Morgan fingerprint density at radius 2 is 2.06 bits per heavy atom. The van der Waals surface area contributed by atoms with Gasteiger partial charge in [-0.2, -0.15) is 18.3 Å². The fourth-order valence-corrected chi connectivity index (χ4v) is 3.79. The Morgan fingerprint density at radius 3 is 2.71 bits per heavy atom. The van der Waals surface area contributed by atoms with E-state index in [4.69, 9.17) is 4.74 Å². The molecule has 11 heteroatoms. The second-order valence-electron chi connectivity index (χ2n) is 7.56. The molecule has 3 aromatic heterocycles. The molecule has 0 aromatic carbocycles. The van der Waals surface area contributed by atoms with Crippen LogP contribution in [0.15, 0.2) is 30.7 Å². The van der Waals surface area contributed by atoms with Gasteiger partial charge in [0.25, 0.3) is 5.91 Å². The van der Waals surface area contributed by atoms with Gasteiger partial charge in [0, 0.05) is 31.6 Å². The molecule has 31 heavy (non-hydrogen) atoms. The van der Waals surface area contributed by atoms with Crippen molar-refractivity contribution in [2.45, 2.75) is 38.1 Å². The summed E-state index contributed by atoms with van der Waals surface area (Å²) in [6.07, 6.45) is -1.28. The minimum Gasteiger partial charge on any atom is -0.388 e. The summed E-state index contributed by atoms with van der Waals surface area (Å²) in [5.41, 5.74) is -0.342. The zero-order chi connectivity index (χ0) is 22.4. The van der Waals surface area contributed by atoms with E-state index in [2.05, 4.69) is 20.4 Å². The summed E-state index contributed by atoms with van der Waals surface area (Å²) in [5, 5.41) is 17.9. The maximum Gasteiger partial charge on any atom is 0.433 e. The lowest BCUT2D eigenvalue weighted by Crippen LogP contribution is -2.58. The van der Waals surface area contributed by atoms with Crippen LogP contribution < -0.4 is 5.32 Å². The van der Waals surface area contributed by atoms with Crippen LogP contribution in [-0.4, -0.2) is 49.9 Å². The Bertz CT molecular complexity index is 1130. The quantitative estimate of drug-likeness (QED) is 0.654. The predicted molar refractivity (Wildman–Crippen MR) is 102 cm³/mol. The first-order valence-electron chi connectivity index (χ1n) is 9.55. The fourth-order valence-electron chi connectivity index (χ4n) is 3.79. The minimum absolute atomic E-state index is 0.0908. The lowest BCUT2D eigenvalue weighted by Gasteiger charge is -2.42. The van der Waals surface area contributed by atoms with E-state index in [1.54, 1.807) is 19.3 Å². The van der Waals surface area contributed by atoms with Crippen LogP contribution in [0.1, 0.15) is 39.3 Å². The second kappa shape index (κ2) is 7.57. The molecule has 0 bridgehead atoms. The summed E-state index contributed by atoms with van der Waals surface area (Å²) < 4.78 is 45.6. The first kappa shape index (κ1) is 21.2. The third kappa shape index (κ3) is 3.74. The first-order chi connectivity index (χ1) is 14.6. The Kier molecular flexibility index (Phi) is 5.18. The minimum atomic E-state index is -4.60. The monoisotopic (exact) mass is 435 g/mol. The van der Waals surface area contributed by atoms with Gasteiger partial charge in [-0.3, -0.25) is 9.78 Å². The van der Waals surface area contributed by atoms with Crippen molar-refractivity contribution in [3.63, 3.8) is 0 Å². The molecule has 2 N–H and O–H groups in total. The number of amides is 1. The summed E-state index contributed by atoms with van der Waals surface area (Å²) >= 11 is 0. The second-order valence-corrected chi connectivity index (χ2v) is 7.56. The van der Waals surface area contributed by atoms with E-state index < -0.39 is 29.4 Å². The number of pyridine rings is 1. The number of carbonyl (C=O) groups is 1. The maximum absolute atomic E-state index is 13.3. The standard InChI is InChI=1S/C20H20F3N5O3/c1-11-7-25-17-16(12(2)27-28(17)9-11)18(30)26-19(5-6-31-10-15(19)29)13-3-4-14(24-8-13)20(21,22)23/h3-4,7-9,15,29H,5-6,10H2,1-2H3,(H,26,30). The van der Waals surface area contributed by atoms with Crippen molar-refractivity contribution in [3.05, 3.63) is 58.8 Å². The molecule has 2 atom stereocenters. The smallest absolute Gasteiger partial charge is 0.388 e. The number of hydrogen-bond donors (Lipinski definition) is 2. The van der Waals surface area contributed by atoms with E-state index in [1.807, 2.05) is 6.92 Å². The van der Waals surface area contributed by atoms with Gasteiger partial charge in [0.1, 0.15) is 17.4 Å². The zero-order valence-corrected chi connectivity index (χ0v) is 16.8. The molecule has 1 aliphatic rings. The van der Waals surface area contributed by atoms with E-state index in [0.29, 0.717) is 11.3 Å². The van der Waals surface area contributed by atoms with Gasteiger partial charge in [-0.15, -0.1) is 0 Å². The Hall–Kier alpha value is -3.05. The number of nitrogens with one attached hydrogen (secondary N) is 1. The van der Waals surface area contributed by atoms with Gasteiger partial charge >= 0.3 is 6.18 Å². The van der Waals surface area contributed by atoms with Gasteiger partial charge in [0.2, 0.25) is 0 Å². The van der Waals surface area contributed by atoms with Crippen molar-refractivity contribution in [2.75, 3.05) is 13.2 Å². The summed E-state index contributed by atoms with van der Waals surface area (Å²) in [4.78, 5) is 21.1. The molecule has 1 fully saturated rings. The van der Waals surface area contributed by atoms with Gasteiger partial charge in [0.15, 0.2) is 5.65 Å². The Balaban J connectivity index is 1.74. The van der Waals surface area contributed by atoms with Crippen LogP contribution >= 0.6 is 0 Å². The van der Waals surface area contributed by atoms with E-state index in [1.165, 1.54) is 10.6 Å². The van der Waals surface area contributed by atoms with Crippen LogP contribution in [-0.2, 0) is 16.5 Å². The molecule has 8 nitrogen and oxygen atoms in total. The van der Waals surface area contributed by atoms with Crippen LogP contribution in [0.5, 0.6) is 0 Å². The lowest BCUT2D eigenvalue weighted by molar-refractivity contribution is -0.141. The molecule has 2 unspecified atom stereocenters. The highest BCUT2D eigenvalue weighted by molar-refractivity contribution is 6.01. The normalized spacial score (nSPS) is 21.9. The summed E-state index contributed by atoms with van der Waals surface area (Å²) in [7, 11) is 0. The van der Waals surface area contributed by atoms with Crippen molar-refractivity contribution in [3.8, 4) is 0 Å². The van der Waals surface area contributed by atoms with Gasteiger partial charge in [0.05, 0.1) is 17.8 Å². The van der Waals surface area contributed by atoms with Crippen LogP contribution in [0, 0.1) is 13.8 Å². The molecule has 1 aliphatic heterocycles. The number of aliphatic hydroxyl groups is 1. The van der Waals surface area contributed by atoms with Crippen molar-refractivity contribution in [1.29, 1.82) is 0 Å². The highest BCUT2D eigenvalue weighted by Crippen LogP contribution is 2.35. The molecule has 4 rings (SSSR count). The van der Waals surface area contributed by atoms with Crippen molar-refractivity contribution in [1.82, 2.24) is 24.9 Å². The Labute approximate surface area is 175 Å². The lowest BCUT2D eigenvalue weighted by atomic mass is 9.80. The predicted octanol–water partition coefficient (Wildman–Crippen LogP) is 2.17.